The minimum atomic E-state index is -1.18. The van der Waals surface area contributed by atoms with Gasteiger partial charge in [-0.15, -0.1) is 0 Å². The van der Waals surface area contributed by atoms with Gasteiger partial charge in [-0.3, -0.25) is 0 Å². The molecule has 0 bridgehead atoms. The Labute approximate surface area is 106 Å². The molecule has 0 aliphatic heterocycles. The van der Waals surface area contributed by atoms with Gasteiger partial charge in [0.25, 0.3) is 0 Å². The maximum absolute atomic E-state index is 12.7. The third kappa shape index (κ3) is 3.96. The topological polar surface area (TPSA) is 46.5 Å². The third-order valence-corrected chi connectivity index (χ3v) is 2.33. The fourth-order valence-corrected chi connectivity index (χ4v) is 1.29. The van der Waals surface area contributed by atoms with E-state index in [1.165, 1.54) is 24.3 Å². The zero-order valence-corrected chi connectivity index (χ0v) is 10.5. The van der Waals surface area contributed by atoms with Gasteiger partial charge in [-0.2, -0.15) is 0 Å². The minimum Gasteiger partial charge on any atom is -0.462 e. The number of hydrogen-bond donors (Lipinski definition) is 1. The van der Waals surface area contributed by atoms with Crippen molar-refractivity contribution in [1.29, 1.82) is 0 Å². The molecule has 0 saturated heterocycles. The Morgan fingerprint density at radius 1 is 1.39 bits per heavy atom. The lowest BCUT2D eigenvalue weighted by molar-refractivity contribution is -0.141. The molecule has 1 unspecified atom stereocenters. The molecule has 98 valence electrons. The Bertz CT molecular complexity index is 423. The highest BCUT2D eigenvalue weighted by molar-refractivity contribution is 5.89. The van der Waals surface area contributed by atoms with Crippen molar-refractivity contribution in [1.82, 2.24) is 0 Å². The van der Waals surface area contributed by atoms with Gasteiger partial charge in [0, 0.05) is 0 Å². The van der Waals surface area contributed by atoms with Crippen LogP contribution in [-0.2, 0) is 9.53 Å². The lowest BCUT2D eigenvalue weighted by Gasteiger charge is -2.14. The highest BCUT2D eigenvalue weighted by Crippen LogP contribution is 2.21. The van der Waals surface area contributed by atoms with E-state index in [1.54, 1.807) is 0 Å². The van der Waals surface area contributed by atoms with Gasteiger partial charge >= 0.3 is 5.97 Å². The number of ether oxygens (including phenoxy) is 1. The molecule has 4 heteroatoms. The van der Waals surface area contributed by atoms with Crippen molar-refractivity contribution in [2.75, 3.05) is 6.61 Å². The van der Waals surface area contributed by atoms with E-state index in [2.05, 4.69) is 6.58 Å². The van der Waals surface area contributed by atoms with Crippen molar-refractivity contribution in [2.45, 2.75) is 20.0 Å². The van der Waals surface area contributed by atoms with Crippen LogP contribution in [0, 0.1) is 11.7 Å². The van der Waals surface area contributed by atoms with Crippen LogP contribution >= 0.6 is 0 Å². The predicted molar refractivity (Wildman–Crippen MR) is 66.3 cm³/mol. The molecule has 0 amide bonds. The molecule has 1 rings (SSSR count). The van der Waals surface area contributed by atoms with Crippen LogP contribution in [0.15, 0.2) is 36.4 Å². The molecular formula is C14H17FO3. The summed E-state index contributed by atoms with van der Waals surface area (Å²) in [6.07, 6.45) is -1.18. The van der Waals surface area contributed by atoms with E-state index < -0.39 is 17.9 Å². The molecule has 1 atom stereocenters. The van der Waals surface area contributed by atoms with Crippen molar-refractivity contribution in [3.8, 4) is 0 Å². The second-order valence-electron chi connectivity index (χ2n) is 4.47. The van der Waals surface area contributed by atoms with E-state index in [1.807, 2.05) is 13.8 Å². The lowest BCUT2D eigenvalue weighted by atomic mass is 10.0. The van der Waals surface area contributed by atoms with E-state index in [0.29, 0.717) is 5.56 Å². The summed E-state index contributed by atoms with van der Waals surface area (Å²) < 4.78 is 17.7. The first kappa shape index (κ1) is 14.4. The number of rotatable bonds is 5. The molecule has 0 fully saturated rings. The van der Waals surface area contributed by atoms with Crippen LogP contribution in [-0.4, -0.2) is 17.7 Å². The van der Waals surface area contributed by atoms with Gasteiger partial charge in [0.1, 0.15) is 11.9 Å². The van der Waals surface area contributed by atoms with Gasteiger partial charge in [-0.25, -0.2) is 9.18 Å². The first-order valence-electron chi connectivity index (χ1n) is 5.71. The van der Waals surface area contributed by atoms with Crippen LogP contribution in [0.25, 0.3) is 0 Å². The second-order valence-corrected chi connectivity index (χ2v) is 4.47. The minimum absolute atomic E-state index is 0.0535. The third-order valence-electron chi connectivity index (χ3n) is 2.33. The largest absolute Gasteiger partial charge is 0.462 e. The van der Waals surface area contributed by atoms with E-state index >= 15 is 0 Å². The fourth-order valence-electron chi connectivity index (χ4n) is 1.29. The predicted octanol–water partition coefficient (Wildman–Crippen LogP) is 2.61. The standard InChI is InChI=1S/C14H17FO3/c1-9(2)8-18-14(17)10(3)13(16)11-4-6-12(15)7-5-11/h4-7,9,13,16H,3,8H2,1-2H3. The van der Waals surface area contributed by atoms with Gasteiger partial charge < -0.3 is 9.84 Å². The molecule has 1 N–H and O–H groups in total. The molecule has 0 aliphatic carbocycles. The highest BCUT2D eigenvalue weighted by Gasteiger charge is 2.19. The maximum atomic E-state index is 12.7. The van der Waals surface area contributed by atoms with Crippen LogP contribution in [0.4, 0.5) is 4.39 Å². The van der Waals surface area contributed by atoms with Gasteiger partial charge in [-0.05, 0) is 23.6 Å². The van der Waals surface area contributed by atoms with Crippen molar-refractivity contribution in [3.63, 3.8) is 0 Å². The molecule has 0 heterocycles. The average molecular weight is 252 g/mol. The summed E-state index contributed by atoms with van der Waals surface area (Å²) in [5, 5.41) is 9.89. The highest BCUT2D eigenvalue weighted by atomic mass is 19.1. The molecular weight excluding hydrogens is 235 g/mol. The average Bonchev–Trinajstić information content (AvgIpc) is 2.35. The Kier molecular flexibility index (Phi) is 5.04. The quantitative estimate of drug-likeness (QED) is 0.647. The van der Waals surface area contributed by atoms with Gasteiger partial charge in [0.2, 0.25) is 0 Å². The number of benzene rings is 1. The molecule has 3 nitrogen and oxygen atoms in total. The second kappa shape index (κ2) is 6.31. The number of esters is 1. The Morgan fingerprint density at radius 3 is 2.44 bits per heavy atom. The molecule has 0 saturated carbocycles. The van der Waals surface area contributed by atoms with Gasteiger partial charge in [-0.1, -0.05) is 32.6 Å². The zero-order valence-electron chi connectivity index (χ0n) is 10.5. The van der Waals surface area contributed by atoms with Crippen LogP contribution in [0.3, 0.4) is 0 Å². The van der Waals surface area contributed by atoms with E-state index in [9.17, 15) is 14.3 Å². The Balaban J connectivity index is 2.66. The Morgan fingerprint density at radius 2 is 1.94 bits per heavy atom. The first-order valence-corrected chi connectivity index (χ1v) is 5.71. The maximum Gasteiger partial charge on any atom is 0.336 e. The molecule has 18 heavy (non-hydrogen) atoms. The monoisotopic (exact) mass is 252 g/mol. The van der Waals surface area contributed by atoms with E-state index in [0.717, 1.165) is 0 Å². The number of aliphatic hydroxyl groups is 1. The number of carbonyl (C=O) groups is 1. The SMILES string of the molecule is C=C(C(=O)OCC(C)C)C(O)c1ccc(F)cc1. The number of carbonyl (C=O) groups excluding carboxylic acids is 1. The summed E-state index contributed by atoms with van der Waals surface area (Å²) >= 11 is 0. The van der Waals surface area contributed by atoms with Crippen molar-refractivity contribution >= 4 is 5.97 Å². The van der Waals surface area contributed by atoms with Gasteiger partial charge in [0.15, 0.2) is 0 Å². The molecule has 0 aromatic heterocycles. The molecule has 0 aliphatic rings. The van der Waals surface area contributed by atoms with Crippen LogP contribution in [0.1, 0.15) is 25.5 Å². The van der Waals surface area contributed by atoms with Crippen LogP contribution in [0.5, 0.6) is 0 Å². The van der Waals surface area contributed by atoms with E-state index in [4.69, 9.17) is 4.74 Å². The van der Waals surface area contributed by atoms with Gasteiger partial charge in [0.05, 0.1) is 12.2 Å². The smallest absolute Gasteiger partial charge is 0.336 e. The molecule has 0 radical (unpaired) electrons. The molecule has 1 aromatic carbocycles. The zero-order chi connectivity index (χ0) is 13.7. The fraction of sp³-hybridized carbons (Fsp3) is 0.357. The van der Waals surface area contributed by atoms with E-state index in [-0.39, 0.29) is 18.1 Å². The molecule has 1 aromatic rings. The first-order chi connectivity index (χ1) is 8.41. The summed E-state index contributed by atoms with van der Waals surface area (Å²) in [5.74, 6) is -0.829. The number of halogens is 1. The Hall–Kier alpha value is -1.68. The number of aliphatic hydroxyl groups excluding tert-OH is 1. The summed E-state index contributed by atoms with van der Waals surface area (Å²) in [7, 11) is 0. The van der Waals surface area contributed by atoms with Crippen LogP contribution < -0.4 is 0 Å². The van der Waals surface area contributed by atoms with Crippen LogP contribution in [0.2, 0.25) is 0 Å². The lowest BCUT2D eigenvalue weighted by Crippen LogP contribution is -2.16. The molecule has 0 spiro atoms. The number of hydrogen-bond acceptors (Lipinski definition) is 3. The van der Waals surface area contributed by atoms with Crippen molar-refractivity contribution in [2.24, 2.45) is 5.92 Å². The summed E-state index contributed by atoms with van der Waals surface area (Å²) in [5.41, 5.74) is 0.352. The normalized spacial score (nSPS) is 12.3. The summed E-state index contributed by atoms with van der Waals surface area (Å²) in [6, 6.07) is 5.23. The summed E-state index contributed by atoms with van der Waals surface area (Å²) in [6.45, 7) is 7.60. The van der Waals surface area contributed by atoms with Crippen molar-refractivity contribution in [3.05, 3.63) is 47.8 Å². The summed E-state index contributed by atoms with van der Waals surface area (Å²) in [4.78, 5) is 11.6. The van der Waals surface area contributed by atoms with Crippen molar-refractivity contribution < 1.29 is 19.0 Å².